The molecule has 0 spiro atoms. The van der Waals surface area contributed by atoms with Crippen molar-refractivity contribution in [3.8, 4) is 11.5 Å². The molecule has 0 N–H and O–H groups in total. The van der Waals surface area contributed by atoms with Crippen molar-refractivity contribution in [2.45, 2.75) is 57.8 Å². The lowest BCUT2D eigenvalue weighted by atomic mass is 9.86. The number of aryl methyl sites for hydroxylation is 2. The maximum atomic E-state index is 6.11. The molecule has 5 heteroatoms. The zero-order valence-corrected chi connectivity index (χ0v) is 18.0. The van der Waals surface area contributed by atoms with E-state index in [4.69, 9.17) is 14.5 Å². The lowest BCUT2D eigenvalue weighted by Gasteiger charge is -2.20. The Labute approximate surface area is 177 Å². The lowest BCUT2D eigenvalue weighted by Crippen LogP contribution is -2.07. The van der Waals surface area contributed by atoms with Crippen molar-refractivity contribution in [2.24, 2.45) is 5.92 Å². The second-order valence-corrected chi connectivity index (χ2v) is 9.08. The third-order valence-corrected chi connectivity index (χ3v) is 6.78. The SMILES string of the molecule is COCCCc1cc(Oc2ccc3nc(CCC4CCCCC4)sc3c2)ccn1. The fraction of sp³-hybridized carbons (Fsp3) is 0.500. The molecule has 0 aliphatic heterocycles. The molecule has 3 aromatic rings. The third-order valence-electron chi connectivity index (χ3n) is 5.70. The van der Waals surface area contributed by atoms with Gasteiger partial charge in [-0.25, -0.2) is 4.98 Å². The van der Waals surface area contributed by atoms with E-state index in [0.717, 1.165) is 54.5 Å². The quantitative estimate of drug-likeness (QED) is 0.374. The van der Waals surface area contributed by atoms with Crippen molar-refractivity contribution in [2.75, 3.05) is 13.7 Å². The number of nitrogens with zero attached hydrogens (tertiary/aromatic N) is 2. The van der Waals surface area contributed by atoms with E-state index in [1.807, 2.05) is 35.7 Å². The molecule has 1 aromatic carbocycles. The van der Waals surface area contributed by atoms with Crippen LogP contribution in [0.1, 0.15) is 55.6 Å². The van der Waals surface area contributed by atoms with Crippen LogP contribution in [-0.4, -0.2) is 23.7 Å². The second kappa shape index (κ2) is 10.2. The molecule has 1 saturated carbocycles. The second-order valence-electron chi connectivity index (χ2n) is 7.96. The maximum absolute atomic E-state index is 6.11. The summed E-state index contributed by atoms with van der Waals surface area (Å²) in [5, 5.41) is 1.26. The molecule has 0 saturated heterocycles. The predicted octanol–water partition coefficient (Wildman–Crippen LogP) is 6.58. The molecule has 0 amide bonds. The van der Waals surface area contributed by atoms with Crippen LogP contribution < -0.4 is 4.74 Å². The van der Waals surface area contributed by atoms with E-state index in [1.54, 1.807) is 7.11 Å². The van der Waals surface area contributed by atoms with Gasteiger partial charge in [0.15, 0.2) is 0 Å². The molecule has 0 bridgehead atoms. The first-order chi connectivity index (χ1) is 14.3. The van der Waals surface area contributed by atoms with E-state index in [1.165, 1.54) is 48.2 Å². The summed E-state index contributed by atoms with van der Waals surface area (Å²) in [7, 11) is 1.73. The molecule has 0 atom stereocenters. The molecule has 29 heavy (non-hydrogen) atoms. The van der Waals surface area contributed by atoms with Crippen molar-refractivity contribution in [1.82, 2.24) is 9.97 Å². The first-order valence-corrected chi connectivity index (χ1v) is 11.6. The first-order valence-electron chi connectivity index (χ1n) is 10.8. The van der Waals surface area contributed by atoms with Crippen LogP contribution in [0.25, 0.3) is 10.2 Å². The van der Waals surface area contributed by atoms with Crippen molar-refractivity contribution < 1.29 is 9.47 Å². The van der Waals surface area contributed by atoms with Gasteiger partial charge in [-0.3, -0.25) is 4.98 Å². The van der Waals surface area contributed by atoms with Crippen molar-refractivity contribution in [3.63, 3.8) is 0 Å². The van der Waals surface area contributed by atoms with Crippen LogP contribution >= 0.6 is 11.3 Å². The number of ether oxygens (including phenoxy) is 2. The third kappa shape index (κ3) is 5.77. The number of hydrogen-bond donors (Lipinski definition) is 0. The number of hydrogen-bond acceptors (Lipinski definition) is 5. The normalized spacial score (nSPS) is 15.1. The van der Waals surface area contributed by atoms with E-state index >= 15 is 0 Å². The number of aromatic nitrogens is 2. The minimum Gasteiger partial charge on any atom is -0.457 e. The number of thiazole rings is 1. The Balaban J connectivity index is 1.39. The Bertz CT molecular complexity index is 918. The van der Waals surface area contributed by atoms with Gasteiger partial charge < -0.3 is 9.47 Å². The van der Waals surface area contributed by atoms with E-state index in [9.17, 15) is 0 Å². The number of benzene rings is 1. The summed E-state index contributed by atoms with van der Waals surface area (Å²) >= 11 is 1.81. The highest BCUT2D eigenvalue weighted by Crippen LogP contribution is 2.32. The molecule has 4 nitrogen and oxygen atoms in total. The monoisotopic (exact) mass is 410 g/mol. The molecule has 0 unspecified atom stereocenters. The van der Waals surface area contributed by atoms with Crippen LogP contribution in [0, 0.1) is 5.92 Å². The highest BCUT2D eigenvalue weighted by molar-refractivity contribution is 7.18. The van der Waals surface area contributed by atoms with E-state index in [2.05, 4.69) is 17.1 Å². The van der Waals surface area contributed by atoms with Gasteiger partial charge in [-0.05, 0) is 49.8 Å². The molecule has 0 radical (unpaired) electrons. The van der Waals surface area contributed by atoms with Gasteiger partial charge >= 0.3 is 0 Å². The minimum atomic E-state index is 0.748. The zero-order chi connectivity index (χ0) is 19.9. The Morgan fingerprint density at radius 1 is 1.03 bits per heavy atom. The lowest BCUT2D eigenvalue weighted by molar-refractivity contribution is 0.195. The van der Waals surface area contributed by atoms with Crippen LogP contribution in [0.15, 0.2) is 36.5 Å². The van der Waals surface area contributed by atoms with Gasteiger partial charge in [0.2, 0.25) is 0 Å². The average Bonchev–Trinajstić information content (AvgIpc) is 3.16. The standard InChI is InChI=1S/C24H30N2O2S/c1-27-15-5-8-19-16-21(13-14-25-19)28-20-10-11-22-23(17-20)29-24(26-22)12-9-18-6-3-2-4-7-18/h10-11,13-14,16-18H,2-9,12,15H2,1H3. The average molecular weight is 411 g/mol. The molecule has 2 aromatic heterocycles. The number of pyridine rings is 1. The molecule has 2 heterocycles. The molecular formula is C24H30N2O2S. The summed E-state index contributed by atoms with van der Waals surface area (Å²) in [6, 6.07) is 10.1. The fourth-order valence-corrected chi connectivity index (χ4v) is 5.13. The summed E-state index contributed by atoms with van der Waals surface area (Å²) in [5.41, 5.74) is 2.11. The minimum absolute atomic E-state index is 0.748. The fourth-order valence-electron chi connectivity index (χ4n) is 4.12. The molecule has 1 aliphatic rings. The highest BCUT2D eigenvalue weighted by atomic mass is 32.1. The first kappa shape index (κ1) is 20.3. The molecule has 1 aliphatic carbocycles. The van der Waals surface area contributed by atoms with E-state index in [0.29, 0.717) is 0 Å². The summed E-state index contributed by atoms with van der Waals surface area (Å²) in [4.78, 5) is 9.26. The van der Waals surface area contributed by atoms with E-state index in [-0.39, 0.29) is 0 Å². The van der Waals surface area contributed by atoms with Crippen LogP contribution in [0.4, 0.5) is 0 Å². The van der Waals surface area contributed by atoms with Gasteiger partial charge in [-0.1, -0.05) is 32.1 Å². The van der Waals surface area contributed by atoms with Gasteiger partial charge in [0.05, 0.1) is 15.2 Å². The van der Waals surface area contributed by atoms with Crippen molar-refractivity contribution in [3.05, 3.63) is 47.2 Å². The number of methoxy groups -OCH3 is 1. The van der Waals surface area contributed by atoms with Gasteiger partial charge in [-0.15, -0.1) is 11.3 Å². The van der Waals surface area contributed by atoms with Crippen LogP contribution in [0.2, 0.25) is 0 Å². The van der Waals surface area contributed by atoms with E-state index < -0.39 is 0 Å². The zero-order valence-electron chi connectivity index (χ0n) is 17.2. The van der Waals surface area contributed by atoms with Gasteiger partial charge in [0.1, 0.15) is 11.5 Å². The summed E-state index contributed by atoms with van der Waals surface area (Å²) in [6.07, 6.45) is 13.1. The summed E-state index contributed by atoms with van der Waals surface area (Å²) in [6.45, 7) is 0.748. The number of rotatable bonds is 9. The Morgan fingerprint density at radius 3 is 2.76 bits per heavy atom. The molecular weight excluding hydrogens is 380 g/mol. The Kier molecular flexibility index (Phi) is 7.12. The largest absolute Gasteiger partial charge is 0.457 e. The van der Waals surface area contributed by atoms with Crippen molar-refractivity contribution >= 4 is 21.6 Å². The van der Waals surface area contributed by atoms with Gasteiger partial charge in [-0.2, -0.15) is 0 Å². The van der Waals surface area contributed by atoms with Gasteiger partial charge in [0, 0.05) is 37.7 Å². The van der Waals surface area contributed by atoms with Crippen LogP contribution in [0.5, 0.6) is 11.5 Å². The Morgan fingerprint density at radius 2 is 1.90 bits per heavy atom. The Hall–Kier alpha value is -1.98. The summed E-state index contributed by atoms with van der Waals surface area (Å²) in [5.74, 6) is 2.59. The molecule has 4 rings (SSSR count). The van der Waals surface area contributed by atoms with Gasteiger partial charge in [0.25, 0.3) is 0 Å². The summed E-state index contributed by atoms with van der Waals surface area (Å²) < 4.78 is 12.4. The maximum Gasteiger partial charge on any atom is 0.130 e. The van der Waals surface area contributed by atoms with Crippen LogP contribution in [0.3, 0.4) is 0 Å². The molecule has 1 fully saturated rings. The smallest absolute Gasteiger partial charge is 0.130 e. The van der Waals surface area contributed by atoms with Crippen LogP contribution in [-0.2, 0) is 17.6 Å². The predicted molar refractivity (Wildman–Crippen MR) is 119 cm³/mol. The molecule has 154 valence electrons. The number of fused-ring (bicyclic) bond motifs is 1. The topological polar surface area (TPSA) is 44.2 Å². The van der Waals surface area contributed by atoms with Crippen molar-refractivity contribution in [1.29, 1.82) is 0 Å². The highest BCUT2D eigenvalue weighted by Gasteiger charge is 2.14.